The summed E-state index contributed by atoms with van der Waals surface area (Å²) in [5.41, 5.74) is 1.35. The van der Waals surface area contributed by atoms with E-state index in [-0.39, 0.29) is 34.4 Å². The van der Waals surface area contributed by atoms with Gasteiger partial charge in [-0.05, 0) is 31.2 Å². The molecule has 2 aromatic heterocycles. The number of rotatable bonds is 6. The average Bonchev–Trinajstić information content (AvgIpc) is 2.73. The van der Waals surface area contributed by atoms with E-state index in [1.165, 1.54) is 24.8 Å². The van der Waals surface area contributed by atoms with Crippen molar-refractivity contribution in [3.05, 3.63) is 88.4 Å². The van der Waals surface area contributed by atoms with Crippen LogP contribution in [0.4, 0.5) is 5.69 Å². The van der Waals surface area contributed by atoms with Gasteiger partial charge in [0, 0.05) is 43.1 Å². The van der Waals surface area contributed by atoms with E-state index >= 15 is 0 Å². The second-order valence-corrected chi connectivity index (χ2v) is 7.15. The van der Waals surface area contributed by atoms with Crippen LogP contribution in [-0.2, 0) is 0 Å². The maximum absolute atomic E-state index is 13.2. The van der Waals surface area contributed by atoms with Gasteiger partial charge in [-0.15, -0.1) is 0 Å². The van der Waals surface area contributed by atoms with Gasteiger partial charge in [0.2, 0.25) is 0 Å². The summed E-state index contributed by atoms with van der Waals surface area (Å²) >= 11 is 12.2. The van der Waals surface area contributed by atoms with E-state index in [2.05, 4.69) is 15.3 Å². The fraction of sp³-hybridized carbons (Fsp3) is 0.143. The van der Waals surface area contributed by atoms with Gasteiger partial charge in [-0.3, -0.25) is 19.6 Å². The summed E-state index contributed by atoms with van der Waals surface area (Å²) in [4.78, 5) is 35.1. The van der Waals surface area contributed by atoms with E-state index in [1.54, 1.807) is 17.0 Å². The first-order valence-corrected chi connectivity index (χ1v) is 9.59. The number of anilines is 1. The van der Waals surface area contributed by atoms with Crippen LogP contribution in [0.3, 0.4) is 0 Å². The summed E-state index contributed by atoms with van der Waals surface area (Å²) < 4.78 is 0. The number of amides is 2. The third-order valence-electron chi connectivity index (χ3n) is 4.17. The molecule has 0 saturated carbocycles. The smallest absolute Gasteiger partial charge is 0.259 e. The molecule has 3 rings (SSSR count). The third-order valence-corrected chi connectivity index (χ3v) is 4.77. The molecule has 29 heavy (non-hydrogen) atoms. The van der Waals surface area contributed by atoms with Crippen LogP contribution in [0.1, 0.15) is 27.6 Å². The van der Waals surface area contributed by atoms with Crippen molar-refractivity contribution in [2.45, 2.75) is 13.0 Å². The fourth-order valence-corrected chi connectivity index (χ4v) is 3.19. The zero-order valence-electron chi connectivity index (χ0n) is 15.5. The fourth-order valence-electron chi connectivity index (χ4n) is 2.79. The maximum atomic E-state index is 13.2. The highest BCUT2D eigenvalue weighted by atomic mass is 35.5. The predicted octanol–water partition coefficient (Wildman–Crippen LogP) is 4.25. The highest BCUT2D eigenvalue weighted by molar-refractivity contribution is 6.34. The Bertz CT molecular complexity index is 1010. The number of hydrogen-bond acceptors (Lipinski definition) is 4. The van der Waals surface area contributed by atoms with Crippen molar-refractivity contribution in [3.63, 3.8) is 0 Å². The van der Waals surface area contributed by atoms with Gasteiger partial charge in [-0.25, -0.2) is 0 Å². The number of carbonyl (C=O) groups is 2. The Hall–Kier alpha value is -2.96. The van der Waals surface area contributed by atoms with Crippen LogP contribution < -0.4 is 10.2 Å². The maximum Gasteiger partial charge on any atom is 0.259 e. The summed E-state index contributed by atoms with van der Waals surface area (Å²) in [6.45, 7) is 2.04. The molecular weight excluding hydrogens is 411 g/mol. The topological polar surface area (TPSA) is 75.2 Å². The Labute approximate surface area is 178 Å². The van der Waals surface area contributed by atoms with Crippen LogP contribution in [0.5, 0.6) is 0 Å². The SMILES string of the molecule is CC(CN(C(=O)c1ccncc1Cl)c1ccccc1)NC(=O)c1ccncc1Cl. The van der Waals surface area contributed by atoms with Gasteiger partial charge >= 0.3 is 0 Å². The minimum Gasteiger partial charge on any atom is -0.348 e. The molecule has 1 aromatic carbocycles. The van der Waals surface area contributed by atoms with E-state index in [1.807, 2.05) is 37.3 Å². The number of para-hydroxylation sites is 1. The predicted molar refractivity (Wildman–Crippen MR) is 114 cm³/mol. The summed E-state index contributed by atoms with van der Waals surface area (Å²) in [5.74, 6) is -0.626. The molecule has 1 atom stereocenters. The molecule has 8 heteroatoms. The molecule has 2 heterocycles. The molecule has 1 N–H and O–H groups in total. The van der Waals surface area contributed by atoms with Gasteiger partial charge in [0.25, 0.3) is 11.8 Å². The highest BCUT2D eigenvalue weighted by Gasteiger charge is 2.23. The van der Waals surface area contributed by atoms with Crippen LogP contribution in [0, 0.1) is 0 Å². The lowest BCUT2D eigenvalue weighted by Gasteiger charge is -2.27. The lowest BCUT2D eigenvalue weighted by molar-refractivity contribution is 0.0928. The zero-order chi connectivity index (χ0) is 20.8. The lowest BCUT2D eigenvalue weighted by Crippen LogP contribution is -2.44. The molecule has 1 unspecified atom stereocenters. The molecule has 0 radical (unpaired) electrons. The molecule has 6 nitrogen and oxygen atoms in total. The summed E-state index contributed by atoms with van der Waals surface area (Å²) in [6.07, 6.45) is 5.84. The molecule has 0 aliphatic carbocycles. The molecule has 2 amide bonds. The van der Waals surface area contributed by atoms with Crippen LogP contribution in [0.25, 0.3) is 0 Å². The molecule has 0 aliphatic rings. The van der Waals surface area contributed by atoms with Gasteiger partial charge in [-0.2, -0.15) is 0 Å². The molecule has 0 saturated heterocycles. The number of aromatic nitrogens is 2. The van der Waals surface area contributed by atoms with Gasteiger partial charge in [0.05, 0.1) is 21.2 Å². The lowest BCUT2D eigenvalue weighted by atomic mass is 10.1. The van der Waals surface area contributed by atoms with E-state index in [4.69, 9.17) is 23.2 Å². The second kappa shape index (κ2) is 9.49. The number of hydrogen-bond donors (Lipinski definition) is 1. The molecule has 0 bridgehead atoms. The van der Waals surface area contributed by atoms with Crippen LogP contribution in [0.15, 0.2) is 67.3 Å². The van der Waals surface area contributed by atoms with Crippen molar-refractivity contribution in [1.29, 1.82) is 0 Å². The van der Waals surface area contributed by atoms with Gasteiger partial charge in [-0.1, -0.05) is 41.4 Å². The average molecular weight is 429 g/mol. The van der Waals surface area contributed by atoms with Crippen molar-refractivity contribution in [2.24, 2.45) is 0 Å². The van der Waals surface area contributed by atoms with E-state index in [0.29, 0.717) is 16.8 Å². The van der Waals surface area contributed by atoms with Crippen LogP contribution >= 0.6 is 23.2 Å². The van der Waals surface area contributed by atoms with E-state index < -0.39 is 0 Å². The normalized spacial score (nSPS) is 11.6. The van der Waals surface area contributed by atoms with Gasteiger partial charge in [0.15, 0.2) is 0 Å². The number of nitrogens with zero attached hydrogens (tertiary/aromatic N) is 3. The zero-order valence-corrected chi connectivity index (χ0v) is 17.1. The number of carbonyl (C=O) groups excluding carboxylic acids is 2. The number of benzene rings is 1. The Morgan fingerprint density at radius 3 is 2.14 bits per heavy atom. The van der Waals surface area contributed by atoms with Crippen LogP contribution in [-0.4, -0.2) is 34.4 Å². The Kier molecular flexibility index (Phi) is 6.80. The quantitative estimate of drug-likeness (QED) is 0.636. The van der Waals surface area contributed by atoms with Crippen LogP contribution in [0.2, 0.25) is 10.0 Å². The molecule has 3 aromatic rings. The molecular formula is C21H18Cl2N4O2. The van der Waals surface area contributed by atoms with Crippen molar-refractivity contribution in [3.8, 4) is 0 Å². The summed E-state index contributed by atoms with van der Waals surface area (Å²) in [7, 11) is 0. The van der Waals surface area contributed by atoms with Gasteiger partial charge < -0.3 is 10.2 Å². The van der Waals surface area contributed by atoms with Crippen molar-refractivity contribution in [2.75, 3.05) is 11.4 Å². The van der Waals surface area contributed by atoms with Crippen molar-refractivity contribution < 1.29 is 9.59 Å². The molecule has 0 fully saturated rings. The molecule has 0 spiro atoms. The Morgan fingerprint density at radius 1 is 0.966 bits per heavy atom. The first-order chi connectivity index (χ1) is 14.0. The first kappa shape index (κ1) is 20.8. The van der Waals surface area contributed by atoms with E-state index in [9.17, 15) is 9.59 Å². The Balaban J connectivity index is 1.82. The molecule has 0 aliphatic heterocycles. The highest BCUT2D eigenvalue weighted by Crippen LogP contribution is 2.21. The number of pyridine rings is 2. The summed E-state index contributed by atoms with van der Waals surface area (Å²) in [5, 5.41) is 3.39. The standard InChI is InChI=1S/C21H18Cl2N4O2/c1-14(26-20(28)16-7-9-24-11-18(16)22)13-27(15-5-3-2-4-6-15)21(29)17-8-10-25-12-19(17)23/h2-12,14H,13H2,1H3,(H,26,28). The van der Waals surface area contributed by atoms with Gasteiger partial charge in [0.1, 0.15) is 0 Å². The third kappa shape index (κ3) is 5.10. The largest absolute Gasteiger partial charge is 0.348 e. The summed E-state index contributed by atoms with van der Waals surface area (Å²) in [6, 6.07) is 11.9. The van der Waals surface area contributed by atoms with Crippen molar-refractivity contribution >= 4 is 40.7 Å². The number of halogens is 2. The monoisotopic (exact) mass is 428 g/mol. The number of nitrogens with one attached hydrogen (secondary N) is 1. The van der Waals surface area contributed by atoms with E-state index in [0.717, 1.165) is 0 Å². The van der Waals surface area contributed by atoms with Crippen molar-refractivity contribution in [1.82, 2.24) is 15.3 Å². The molecule has 148 valence electrons. The minimum absolute atomic E-state index is 0.232. The minimum atomic E-state index is -0.364. The second-order valence-electron chi connectivity index (χ2n) is 6.34. The first-order valence-electron chi connectivity index (χ1n) is 8.84. The Morgan fingerprint density at radius 2 is 1.55 bits per heavy atom.